The summed E-state index contributed by atoms with van der Waals surface area (Å²) in [6.07, 6.45) is 3.24. The quantitative estimate of drug-likeness (QED) is 0.354. The Bertz CT molecular complexity index is 1100. The Morgan fingerprint density at radius 3 is 2.22 bits per heavy atom. The molecule has 1 N–H and O–H groups in total. The first kappa shape index (κ1) is 27.0. The van der Waals surface area contributed by atoms with Crippen molar-refractivity contribution in [2.75, 3.05) is 13.7 Å². The average molecular weight is 487 g/mol. The van der Waals surface area contributed by atoms with E-state index in [0.29, 0.717) is 32.4 Å². The summed E-state index contributed by atoms with van der Waals surface area (Å²) in [5.41, 5.74) is 4.35. The van der Waals surface area contributed by atoms with Crippen LogP contribution in [0, 0.1) is 0 Å². The molecule has 0 spiro atoms. The second-order valence-corrected chi connectivity index (χ2v) is 9.04. The van der Waals surface area contributed by atoms with Gasteiger partial charge in [-0.25, -0.2) is 0 Å². The number of carbonyl (C=O) groups is 2. The van der Waals surface area contributed by atoms with Gasteiger partial charge in [0.15, 0.2) is 0 Å². The third-order valence-corrected chi connectivity index (χ3v) is 6.37. The zero-order chi connectivity index (χ0) is 25.8. The summed E-state index contributed by atoms with van der Waals surface area (Å²) in [6.45, 7) is 5.07. The van der Waals surface area contributed by atoms with Gasteiger partial charge in [-0.05, 0) is 53.6 Å². The highest BCUT2D eigenvalue weighted by Gasteiger charge is 2.30. The van der Waals surface area contributed by atoms with Gasteiger partial charge in [-0.1, -0.05) is 80.6 Å². The first-order valence-electron chi connectivity index (χ1n) is 12.9. The Morgan fingerprint density at radius 2 is 1.56 bits per heavy atom. The van der Waals surface area contributed by atoms with E-state index in [2.05, 4.69) is 36.5 Å². The maximum absolute atomic E-state index is 13.7. The zero-order valence-corrected chi connectivity index (χ0v) is 21.7. The first-order chi connectivity index (χ1) is 17.5. The number of amides is 2. The Kier molecular flexibility index (Phi) is 10.6. The van der Waals surface area contributed by atoms with E-state index >= 15 is 0 Å². The molecule has 0 saturated carbocycles. The second-order valence-electron chi connectivity index (χ2n) is 9.04. The topological polar surface area (TPSA) is 58.6 Å². The van der Waals surface area contributed by atoms with Gasteiger partial charge in [0.05, 0.1) is 7.11 Å². The number of rotatable bonds is 13. The molecular weight excluding hydrogens is 448 g/mol. The Labute approximate surface area is 215 Å². The van der Waals surface area contributed by atoms with Crippen molar-refractivity contribution >= 4 is 11.8 Å². The van der Waals surface area contributed by atoms with Gasteiger partial charge in [0.25, 0.3) is 0 Å². The number of nitrogens with zero attached hydrogens (tertiary/aromatic N) is 1. The molecule has 2 amide bonds. The third-order valence-electron chi connectivity index (χ3n) is 6.37. The number of ether oxygens (including phenoxy) is 1. The SMILES string of the molecule is CCCNC(=O)[C@H](Cc1ccccc1)N(Cc1cccc(OC)c1)C(=O)CCc1ccc(CC)cc1. The minimum atomic E-state index is -0.611. The van der Waals surface area contributed by atoms with Crippen LogP contribution in [0.25, 0.3) is 0 Å². The molecule has 0 aliphatic carbocycles. The normalized spacial score (nSPS) is 11.5. The number of methoxy groups -OCH3 is 1. The summed E-state index contributed by atoms with van der Waals surface area (Å²) >= 11 is 0. The molecule has 0 bridgehead atoms. The van der Waals surface area contributed by atoms with Crippen LogP contribution in [0.3, 0.4) is 0 Å². The first-order valence-corrected chi connectivity index (χ1v) is 12.9. The molecule has 0 aromatic heterocycles. The van der Waals surface area contributed by atoms with E-state index in [1.165, 1.54) is 5.56 Å². The van der Waals surface area contributed by atoms with E-state index in [1.807, 2.05) is 61.5 Å². The molecule has 3 rings (SSSR count). The molecule has 0 heterocycles. The lowest BCUT2D eigenvalue weighted by atomic mass is 10.0. The highest BCUT2D eigenvalue weighted by molar-refractivity contribution is 5.88. The van der Waals surface area contributed by atoms with Crippen LogP contribution in [0.2, 0.25) is 0 Å². The van der Waals surface area contributed by atoms with Gasteiger partial charge in [0.2, 0.25) is 11.8 Å². The number of aryl methyl sites for hydroxylation is 2. The van der Waals surface area contributed by atoms with Crippen molar-refractivity contribution in [1.82, 2.24) is 10.2 Å². The van der Waals surface area contributed by atoms with E-state index in [0.717, 1.165) is 35.3 Å². The predicted molar refractivity (Wildman–Crippen MR) is 145 cm³/mol. The Hall–Kier alpha value is -3.60. The average Bonchev–Trinajstić information content (AvgIpc) is 2.93. The van der Waals surface area contributed by atoms with Crippen molar-refractivity contribution in [3.05, 3.63) is 101 Å². The van der Waals surface area contributed by atoms with Crippen molar-refractivity contribution in [2.24, 2.45) is 0 Å². The van der Waals surface area contributed by atoms with Crippen LogP contribution in [0.5, 0.6) is 5.75 Å². The van der Waals surface area contributed by atoms with Crippen molar-refractivity contribution in [3.63, 3.8) is 0 Å². The molecule has 190 valence electrons. The number of carbonyl (C=O) groups excluding carboxylic acids is 2. The monoisotopic (exact) mass is 486 g/mol. The Morgan fingerprint density at radius 1 is 0.861 bits per heavy atom. The fraction of sp³-hybridized carbons (Fsp3) is 0.355. The van der Waals surface area contributed by atoms with Crippen LogP contribution in [-0.2, 0) is 35.4 Å². The molecule has 0 unspecified atom stereocenters. The molecule has 0 aliphatic heterocycles. The van der Waals surface area contributed by atoms with E-state index in [1.54, 1.807) is 12.0 Å². The van der Waals surface area contributed by atoms with Crippen molar-refractivity contribution in [1.29, 1.82) is 0 Å². The smallest absolute Gasteiger partial charge is 0.243 e. The zero-order valence-electron chi connectivity index (χ0n) is 21.7. The van der Waals surface area contributed by atoms with Crippen molar-refractivity contribution in [2.45, 2.75) is 58.5 Å². The molecule has 1 atom stereocenters. The summed E-state index contributed by atoms with van der Waals surface area (Å²) < 4.78 is 5.40. The molecule has 0 aliphatic rings. The van der Waals surface area contributed by atoms with Crippen LogP contribution in [0.4, 0.5) is 0 Å². The van der Waals surface area contributed by atoms with Crippen LogP contribution in [-0.4, -0.2) is 36.4 Å². The summed E-state index contributed by atoms with van der Waals surface area (Å²) in [4.78, 5) is 28.8. The molecular formula is C31H38N2O3. The van der Waals surface area contributed by atoms with E-state index in [-0.39, 0.29) is 11.8 Å². The minimum Gasteiger partial charge on any atom is -0.497 e. The van der Waals surface area contributed by atoms with Crippen LogP contribution < -0.4 is 10.1 Å². The Balaban J connectivity index is 1.88. The molecule has 0 saturated heterocycles. The lowest BCUT2D eigenvalue weighted by Crippen LogP contribution is -2.50. The van der Waals surface area contributed by atoms with Crippen LogP contribution in [0.1, 0.15) is 48.9 Å². The molecule has 0 radical (unpaired) electrons. The fourth-order valence-electron chi connectivity index (χ4n) is 4.22. The summed E-state index contributed by atoms with van der Waals surface area (Å²) in [5.74, 6) is 0.570. The lowest BCUT2D eigenvalue weighted by Gasteiger charge is -2.32. The summed E-state index contributed by atoms with van der Waals surface area (Å²) in [6, 6.07) is 25.4. The summed E-state index contributed by atoms with van der Waals surface area (Å²) in [7, 11) is 1.63. The highest BCUT2D eigenvalue weighted by Crippen LogP contribution is 2.20. The van der Waals surface area contributed by atoms with Crippen molar-refractivity contribution < 1.29 is 14.3 Å². The highest BCUT2D eigenvalue weighted by atomic mass is 16.5. The van der Waals surface area contributed by atoms with Crippen LogP contribution >= 0.6 is 0 Å². The molecule has 36 heavy (non-hydrogen) atoms. The maximum Gasteiger partial charge on any atom is 0.243 e. The number of nitrogens with one attached hydrogen (secondary N) is 1. The van der Waals surface area contributed by atoms with Gasteiger partial charge >= 0.3 is 0 Å². The van der Waals surface area contributed by atoms with Crippen molar-refractivity contribution in [3.8, 4) is 5.75 Å². The van der Waals surface area contributed by atoms with E-state index < -0.39 is 6.04 Å². The molecule has 3 aromatic rings. The van der Waals surface area contributed by atoms with Gasteiger partial charge in [0, 0.05) is 25.9 Å². The van der Waals surface area contributed by atoms with E-state index in [4.69, 9.17) is 4.74 Å². The van der Waals surface area contributed by atoms with Gasteiger partial charge in [0.1, 0.15) is 11.8 Å². The number of hydrogen-bond donors (Lipinski definition) is 1. The van der Waals surface area contributed by atoms with Gasteiger partial charge in [-0.3, -0.25) is 9.59 Å². The maximum atomic E-state index is 13.7. The van der Waals surface area contributed by atoms with Gasteiger partial charge < -0.3 is 15.0 Å². The fourth-order valence-corrected chi connectivity index (χ4v) is 4.22. The molecule has 3 aromatic carbocycles. The second kappa shape index (κ2) is 14.1. The standard InChI is InChI=1S/C31H38N2O3/c1-4-20-32-31(35)29(22-26-10-7-6-8-11-26)33(23-27-12-9-13-28(21-27)36-3)30(34)19-18-25-16-14-24(5-2)15-17-25/h6-17,21,29H,4-5,18-20,22-23H2,1-3H3,(H,32,35)/t29-/m0/s1. The number of hydrogen-bond acceptors (Lipinski definition) is 3. The third kappa shape index (κ3) is 7.98. The minimum absolute atomic E-state index is 0.0371. The van der Waals surface area contributed by atoms with Crippen LogP contribution in [0.15, 0.2) is 78.9 Å². The van der Waals surface area contributed by atoms with E-state index in [9.17, 15) is 9.59 Å². The largest absolute Gasteiger partial charge is 0.497 e. The number of benzene rings is 3. The molecule has 5 heteroatoms. The summed E-state index contributed by atoms with van der Waals surface area (Å²) in [5, 5.41) is 3.03. The van der Waals surface area contributed by atoms with Gasteiger partial charge in [-0.2, -0.15) is 0 Å². The molecule has 5 nitrogen and oxygen atoms in total. The molecule has 0 fully saturated rings. The predicted octanol–water partition coefficient (Wildman–Crippen LogP) is 5.36. The lowest BCUT2D eigenvalue weighted by molar-refractivity contribution is -0.141. The van der Waals surface area contributed by atoms with Gasteiger partial charge in [-0.15, -0.1) is 0 Å².